The molecule has 0 bridgehead atoms. The molecule has 0 fully saturated rings. The first-order chi connectivity index (χ1) is 7.65. The lowest BCUT2D eigenvalue weighted by Crippen LogP contribution is -2.29. The van der Waals surface area contributed by atoms with Crippen molar-refractivity contribution < 1.29 is 4.79 Å². The topological polar surface area (TPSA) is 32.7 Å². The Morgan fingerprint density at radius 3 is 2.50 bits per heavy atom. The average Bonchev–Trinajstić information content (AvgIpc) is 2.26. The first-order valence-corrected chi connectivity index (χ1v) is 5.90. The summed E-state index contributed by atoms with van der Waals surface area (Å²) in [5, 5.41) is 0. The zero-order chi connectivity index (χ0) is 12.0. The minimum Gasteiger partial charge on any atom is -0.330 e. The van der Waals surface area contributed by atoms with E-state index in [0.29, 0.717) is 0 Å². The van der Waals surface area contributed by atoms with E-state index in [0.717, 1.165) is 24.5 Å². The van der Waals surface area contributed by atoms with Crippen LogP contribution < -0.4 is 4.90 Å². The van der Waals surface area contributed by atoms with Gasteiger partial charge in [0.05, 0.1) is 0 Å². The van der Waals surface area contributed by atoms with Crippen LogP contribution in [0.2, 0.25) is 0 Å². The third-order valence-electron chi connectivity index (χ3n) is 2.18. The maximum atomic E-state index is 10.9. The zero-order valence-corrected chi connectivity index (χ0v) is 10.8. The number of para-hydroxylation sites is 1. The number of rotatable bonds is 3. The van der Waals surface area contributed by atoms with Gasteiger partial charge in [0.2, 0.25) is 0 Å². The Morgan fingerprint density at radius 2 is 2.00 bits per heavy atom. The normalized spacial score (nSPS) is 11.3. The van der Waals surface area contributed by atoms with Gasteiger partial charge < -0.3 is 4.90 Å². The smallest absolute Gasteiger partial charge is 0.261 e. The maximum Gasteiger partial charge on any atom is 0.261 e. The fraction of sp³-hybridized carbons (Fsp3) is 0.333. The van der Waals surface area contributed by atoms with Gasteiger partial charge in [-0.15, -0.1) is 0 Å². The molecular formula is C12H17N2OP. The number of aliphatic imine (C=N–C) groups is 1. The molecule has 0 aliphatic carbocycles. The molecule has 0 aliphatic heterocycles. The van der Waals surface area contributed by atoms with E-state index < -0.39 is 0 Å². The molecule has 4 heteroatoms. The molecule has 86 valence electrons. The van der Waals surface area contributed by atoms with Gasteiger partial charge in [0.25, 0.3) is 5.65 Å². The van der Waals surface area contributed by atoms with Gasteiger partial charge in [0.1, 0.15) is 5.84 Å². The predicted octanol–water partition coefficient (Wildman–Crippen LogP) is 3.32. The summed E-state index contributed by atoms with van der Waals surface area (Å²) < 4.78 is 0. The Hall–Kier alpha value is -1.21. The van der Waals surface area contributed by atoms with Gasteiger partial charge in [0, 0.05) is 12.2 Å². The zero-order valence-electron chi connectivity index (χ0n) is 9.68. The van der Waals surface area contributed by atoms with Crippen LogP contribution in [0, 0.1) is 0 Å². The molecular weight excluding hydrogens is 219 g/mol. The highest BCUT2D eigenvalue weighted by Gasteiger charge is 2.08. The number of benzene rings is 1. The van der Waals surface area contributed by atoms with Crippen LogP contribution >= 0.6 is 9.24 Å². The monoisotopic (exact) mass is 236 g/mol. The molecule has 0 spiro atoms. The van der Waals surface area contributed by atoms with Crippen LogP contribution in [-0.4, -0.2) is 18.0 Å². The summed E-state index contributed by atoms with van der Waals surface area (Å²) in [7, 11) is 2.07. The van der Waals surface area contributed by atoms with E-state index in [1.54, 1.807) is 0 Å². The fourth-order valence-electron chi connectivity index (χ4n) is 1.53. The van der Waals surface area contributed by atoms with E-state index >= 15 is 0 Å². The second-order valence-electron chi connectivity index (χ2n) is 3.48. The number of anilines is 1. The van der Waals surface area contributed by atoms with E-state index in [1.807, 2.05) is 42.2 Å². The Morgan fingerprint density at radius 1 is 1.38 bits per heavy atom. The molecule has 3 nitrogen and oxygen atoms in total. The average molecular weight is 236 g/mol. The van der Waals surface area contributed by atoms with Crippen LogP contribution in [0.25, 0.3) is 0 Å². The van der Waals surface area contributed by atoms with Crippen LogP contribution in [0.15, 0.2) is 35.3 Å². The lowest BCUT2D eigenvalue weighted by Gasteiger charge is -2.23. The molecule has 0 aromatic heterocycles. The van der Waals surface area contributed by atoms with Crippen LogP contribution in [-0.2, 0) is 0 Å². The van der Waals surface area contributed by atoms with E-state index in [2.05, 4.69) is 21.2 Å². The van der Waals surface area contributed by atoms with Crippen molar-refractivity contribution in [3.63, 3.8) is 0 Å². The SMILES string of the molecule is CCCN(/C(C)=N/C(=O)P)c1ccccc1. The van der Waals surface area contributed by atoms with Crippen molar-refractivity contribution in [3.05, 3.63) is 30.3 Å². The molecule has 0 saturated heterocycles. The molecule has 0 aliphatic rings. The van der Waals surface area contributed by atoms with Crippen LogP contribution in [0.1, 0.15) is 20.3 Å². The summed E-state index contributed by atoms with van der Waals surface area (Å²) in [5.41, 5.74) is 0.825. The standard InChI is InChI=1S/C12H17N2OP/c1-3-9-14(10(2)13-12(15)16)11-7-5-4-6-8-11/h4-8H,3,9,16H2,1-2H3/b13-10+. The van der Waals surface area contributed by atoms with E-state index in [1.165, 1.54) is 0 Å². The third kappa shape index (κ3) is 3.74. The fourth-order valence-corrected chi connectivity index (χ4v) is 1.72. The van der Waals surface area contributed by atoms with Crippen molar-refractivity contribution in [3.8, 4) is 0 Å². The van der Waals surface area contributed by atoms with Gasteiger partial charge in [-0.2, -0.15) is 4.99 Å². The molecule has 0 heterocycles. The van der Waals surface area contributed by atoms with Gasteiger partial charge >= 0.3 is 0 Å². The second-order valence-corrected chi connectivity index (χ2v) is 3.98. The minimum atomic E-state index is -0.241. The Kier molecular flexibility index (Phi) is 5.13. The molecule has 0 N–H and O–H groups in total. The summed E-state index contributed by atoms with van der Waals surface area (Å²) in [6, 6.07) is 9.96. The lowest BCUT2D eigenvalue weighted by molar-refractivity contribution is 0.267. The Labute approximate surface area is 98.8 Å². The molecule has 0 radical (unpaired) electrons. The molecule has 1 unspecified atom stereocenters. The summed E-state index contributed by atoms with van der Waals surface area (Å²) in [6.45, 7) is 4.81. The number of nitrogens with zero attached hydrogens (tertiary/aromatic N) is 2. The molecule has 1 amide bonds. The van der Waals surface area contributed by atoms with Gasteiger partial charge in [0.15, 0.2) is 0 Å². The lowest BCUT2D eigenvalue weighted by atomic mass is 10.2. The van der Waals surface area contributed by atoms with Crippen LogP contribution in [0.5, 0.6) is 0 Å². The highest BCUT2D eigenvalue weighted by atomic mass is 31.0. The summed E-state index contributed by atoms with van der Waals surface area (Å²) in [6.07, 6.45) is 1.01. The van der Waals surface area contributed by atoms with Crippen LogP contribution in [0.3, 0.4) is 0 Å². The number of hydrogen-bond acceptors (Lipinski definition) is 1. The second kappa shape index (κ2) is 6.39. The van der Waals surface area contributed by atoms with Crippen molar-refractivity contribution >= 4 is 26.4 Å². The first-order valence-electron chi connectivity index (χ1n) is 5.32. The Balaban J connectivity index is 2.96. The van der Waals surface area contributed by atoms with E-state index in [4.69, 9.17) is 0 Å². The number of amides is 1. The van der Waals surface area contributed by atoms with Crippen molar-refractivity contribution in [2.75, 3.05) is 11.4 Å². The predicted molar refractivity (Wildman–Crippen MR) is 72.3 cm³/mol. The number of carbonyl (C=O) groups excluding carboxylic acids is 1. The molecule has 1 atom stereocenters. The van der Waals surface area contributed by atoms with Crippen molar-refractivity contribution in [1.29, 1.82) is 0 Å². The van der Waals surface area contributed by atoms with Crippen molar-refractivity contribution in [2.24, 2.45) is 4.99 Å². The van der Waals surface area contributed by atoms with Gasteiger partial charge in [-0.3, -0.25) is 4.79 Å². The highest BCUT2D eigenvalue weighted by molar-refractivity contribution is 7.40. The molecule has 1 aromatic carbocycles. The minimum absolute atomic E-state index is 0.241. The van der Waals surface area contributed by atoms with E-state index in [-0.39, 0.29) is 5.65 Å². The quantitative estimate of drug-likeness (QED) is 0.458. The number of hydrogen-bond donors (Lipinski definition) is 0. The van der Waals surface area contributed by atoms with Gasteiger partial charge in [-0.1, -0.05) is 25.1 Å². The summed E-state index contributed by atoms with van der Waals surface area (Å²) >= 11 is 0. The summed E-state index contributed by atoms with van der Waals surface area (Å²) in [4.78, 5) is 16.9. The largest absolute Gasteiger partial charge is 0.330 e. The molecule has 1 aromatic rings. The van der Waals surface area contributed by atoms with Crippen molar-refractivity contribution in [1.82, 2.24) is 0 Å². The third-order valence-corrected chi connectivity index (χ3v) is 2.31. The van der Waals surface area contributed by atoms with Gasteiger partial charge in [-0.05, 0) is 34.7 Å². The van der Waals surface area contributed by atoms with E-state index in [9.17, 15) is 4.79 Å². The number of carbonyl (C=O) groups is 1. The summed E-state index contributed by atoms with van der Waals surface area (Å²) in [5.74, 6) is 0.730. The first kappa shape index (κ1) is 12.9. The molecule has 16 heavy (non-hydrogen) atoms. The van der Waals surface area contributed by atoms with Crippen molar-refractivity contribution in [2.45, 2.75) is 20.3 Å². The Bertz CT molecular complexity index is 376. The van der Waals surface area contributed by atoms with Gasteiger partial charge in [-0.25, -0.2) is 0 Å². The molecule has 0 saturated carbocycles. The molecule has 1 rings (SSSR count). The highest BCUT2D eigenvalue weighted by Crippen LogP contribution is 2.14. The maximum absolute atomic E-state index is 10.9. The number of amidine groups is 1. The van der Waals surface area contributed by atoms with Crippen LogP contribution in [0.4, 0.5) is 10.5 Å².